The van der Waals surface area contributed by atoms with Gasteiger partial charge in [-0.3, -0.25) is 0 Å². The standard InChI is InChI=1S/C14H15Cl3N2/c1-8-4-9(8)7-19-13-6-11(17)10(16)5-12(13)18-14(19)2-3-15/h5-6,8-9H,2-4,7H2,1H3. The second-order valence-electron chi connectivity index (χ2n) is 5.31. The highest BCUT2D eigenvalue weighted by molar-refractivity contribution is 6.42. The van der Waals surface area contributed by atoms with Crippen LogP contribution in [-0.4, -0.2) is 15.4 Å². The van der Waals surface area contributed by atoms with Gasteiger partial charge in [-0.25, -0.2) is 4.98 Å². The van der Waals surface area contributed by atoms with E-state index in [2.05, 4.69) is 16.5 Å². The molecule has 1 aliphatic rings. The van der Waals surface area contributed by atoms with E-state index in [1.165, 1.54) is 6.42 Å². The van der Waals surface area contributed by atoms with Crippen LogP contribution in [-0.2, 0) is 13.0 Å². The lowest BCUT2D eigenvalue weighted by Crippen LogP contribution is -2.06. The molecule has 1 aliphatic carbocycles. The molecule has 1 fully saturated rings. The van der Waals surface area contributed by atoms with Crippen LogP contribution < -0.4 is 0 Å². The van der Waals surface area contributed by atoms with E-state index < -0.39 is 0 Å². The molecule has 2 unspecified atom stereocenters. The Bertz CT molecular complexity index is 621. The van der Waals surface area contributed by atoms with E-state index in [1.54, 1.807) is 0 Å². The summed E-state index contributed by atoms with van der Waals surface area (Å²) in [6.07, 6.45) is 2.06. The monoisotopic (exact) mass is 316 g/mol. The van der Waals surface area contributed by atoms with Crippen LogP contribution in [0.3, 0.4) is 0 Å². The summed E-state index contributed by atoms with van der Waals surface area (Å²) in [5.41, 5.74) is 1.97. The first-order valence-corrected chi connectivity index (χ1v) is 7.79. The van der Waals surface area contributed by atoms with E-state index in [0.29, 0.717) is 15.9 Å². The largest absolute Gasteiger partial charge is 0.328 e. The predicted molar refractivity (Wildman–Crippen MR) is 81.4 cm³/mol. The predicted octanol–water partition coefficient (Wildman–Crippen LogP) is 4.78. The zero-order valence-corrected chi connectivity index (χ0v) is 12.9. The van der Waals surface area contributed by atoms with E-state index in [1.807, 2.05) is 12.1 Å². The molecule has 0 saturated heterocycles. The molecule has 19 heavy (non-hydrogen) atoms. The summed E-state index contributed by atoms with van der Waals surface area (Å²) in [5.74, 6) is 3.16. The number of aromatic nitrogens is 2. The number of alkyl halides is 1. The Labute approximate surface area is 127 Å². The van der Waals surface area contributed by atoms with Crippen LogP contribution in [0.1, 0.15) is 19.2 Å². The Balaban J connectivity index is 2.08. The van der Waals surface area contributed by atoms with Crippen LogP contribution in [0.4, 0.5) is 0 Å². The maximum atomic E-state index is 6.13. The Hall–Kier alpha value is -0.440. The second-order valence-corrected chi connectivity index (χ2v) is 6.50. The van der Waals surface area contributed by atoms with E-state index in [9.17, 15) is 0 Å². The number of rotatable bonds is 4. The van der Waals surface area contributed by atoms with Gasteiger partial charge in [-0.15, -0.1) is 11.6 Å². The highest BCUT2D eigenvalue weighted by Gasteiger charge is 2.33. The number of nitrogens with zero attached hydrogens (tertiary/aromatic N) is 2. The minimum Gasteiger partial charge on any atom is -0.328 e. The topological polar surface area (TPSA) is 17.8 Å². The Morgan fingerprint density at radius 3 is 2.63 bits per heavy atom. The van der Waals surface area contributed by atoms with Gasteiger partial charge < -0.3 is 4.57 Å². The Morgan fingerprint density at radius 1 is 1.32 bits per heavy atom. The van der Waals surface area contributed by atoms with E-state index in [4.69, 9.17) is 34.8 Å². The third-order valence-electron chi connectivity index (χ3n) is 3.88. The number of halogens is 3. The zero-order chi connectivity index (χ0) is 13.6. The maximum absolute atomic E-state index is 6.13. The van der Waals surface area contributed by atoms with E-state index >= 15 is 0 Å². The van der Waals surface area contributed by atoms with Crippen molar-refractivity contribution in [3.05, 3.63) is 28.0 Å². The van der Waals surface area contributed by atoms with Crippen LogP contribution >= 0.6 is 34.8 Å². The minimum atomic E-state index is 0.552. The summed E-state index contributed by atoms with van der Waals surface area (Å²) in [7, 11) is 0. The van der Waals surface area contributed by atoms with Gasteiger partial charge in [0.25, 0.3) is 0 Å². The fourth-order valence-electron chi connectivity index (χ4n) is 2.54. The second kappa shape index (κ2) is 5.16. The van der Waals surface area contributed by atoms with Crippen molar-refractivity contribution in [3.63, 3.8) is 0 Å². The average molecular weight is 318 g/mol. The smallest absolute Gasteiger partial charge is 0.111 e. The molecule has 5 heteroatoms. The fourth-order valence-corrected chi connectivity index (χ4v) is 3.02. The van der Waals surface area contributed by atoms with Crippen LogP contribution in [0.2, 0.25) is 10.0 Å². The van der Waals surface area contributed by atoms with Crippen molar-refractivity contribution >= 4 is 45.8 Å². The van der Waals surface area contributed by atoms with Gasteiger partial charge in [0.2, 0.25) is 0 Å². The molecule has 3 rings (SSSR count). The van der Waals surface area contributed by atoms with Gasteiger partial charge >= 0.3 is 0 Å². The lowest BCUT2D eigenvalue weighted by atomic mass is 10.3. The summed E-state index contributed by atoms with van der Waals surface area (Å²) in [6, 6.07) is 3.75. The zero-order valence-electron chi connectivity index (χ0n) is 10.7. The molecule has 0 N–H and O–H groups in total. The lowest BCUT2D eigenvalue weighted by molar-refractivity contribution is 0.585. The molecule has 2 atom stereocenters. The molecule has 2 nitrogen and oxygen atoms in total. The van der Waals surface area contributed by atoms with Crippen molar-refractivity contribution in [1.82, 2.24) is 9.55 Å². The summed E-state index contributed by atoms with van der Waals surface area (Å²) in [5, 5.41) is 1.13. The quantitative estimate of drug-likeness (QED) is 0.742. The number of aryl methyl sites for hydroxylation is 1. The molecular formula is C14H15Cl3N2. The molecule has 1 saturated carbocycles. The van der Waals surface area contributed by atoms with Crippen LogP contribution in [0.15, 0.2) is 12.1 Å². The molecule has 1 aromatic heterocycles. The third-order valence-corrected chi connectivity index (χ3v) is 4.79. The van der Waals surface area contributed by atoms with Gasteiger partial charge in [0, 0.05) is 18.8 Å². The Morgan fingerprint density at radius 2 is 2.00 bits per heavy atom. The van der Waals surface area contributed by atoms with Gasteiger partial charge in [-0.1, -0.05) is 30.1 Å². The van der Waals surface area contributed by atoms with Gasteiger partial charge in [-0.2, -0.15) is 0 Å². The molecule has 102 valence electrons. The number of hydrogen-bond donors (Lipinski definition) is 0. The normalized spacial score (nSPS) is 22.1. The molecule has 0 aliphatic heterocycles. The van der Waals surface area contributed by atoms with Crippen molar-refractivity contribution in [2.24, 2.45) is 11.8 Å². The van der Waals surface area contributed by atoms with E-state index in [0.717, 1.165) is 41.7 Å². The number of fused-ring (bicyclic) bond motifs is 1. The lowest BCUT2D eigenvalue weighted by Gasteiger charge is -2.08. The van der Waals surface area contributed by atoms with Gasteiger partial charge in [-0.05, 0) is 30.4 Å². The van der Waals surface area contributed by atoms with Crippen LogP contribution in [0.5, 0.6) is 0 Å². The van der Waals surface area contributed by atoms with Crippen molar-refractivity contribution in [3.8, 4) is 0 Å². The van der Waals surface area contributed by atoms with Gasteiger partial charge in [0.1, 0.15) is 5.82 Å². The van der Waals surface area contributed by atoms with Crippen molar-refractivity contribution in [1.29, 1.82) is 0 Å². The molecule has 1 aromatic carbocycles. The molecule has 0 bridgehead atoms. The summed E-state index contributed by atoms with van der Waals surface area (Å²) in [6.45, 7) is 3.29. The maximum Gasteiger partial charge on any atom is 0.111 e. The molecule has 0 radical (unpaired) electrons. The Kier molecular flexibility index (Phi) is 3.67. The average Bonchev–Trinajstić information content (AvgIpc) is 2.96. The first-order valence-electron chi connectivity index (χ1n) is 6.50. The van der Waals surface area contributed by atoms with E-state index in [-0.39, 0.29) is 0 Å². The number of imidazole rings is 1. The van der Waals surface area contributed by atoms with Crippen LogP contribution in [0, 0.1) is 11.8 Å². The molecule has 2 aromatic rings. The van der Waals surface area contributed by atoms with Gasteiger partial charge in [0.15, 0.2) is 0 Å². The number of benzene rings is 1. The molecule has 0 spiro atoms. The third kappa shape index (κ3) is 2.58. The fraction of sp³-hybridized carbons (Fsp3) is 0.500. The molecular weight excluding hydrogens is 303 g/mol. The molecule has 0 amide bonds. The summed E-state index contributed by atoms with van der Waals surface area (Å²) >= 11 is 18.1. The molecule has 1 heterocycles. The highest BCUT2D eigenvalue weighted by Crippen LogP contribution is 2.40. The van der Waals surface area contributed by atoms with Crippen molar-refractivity contribution < 1.29 is 0 Å². The first-order chi connectivity index (χ1) is 9.10. The van der Waals surface area contributed by atoms with Crippen molar-refractivity contribution in [2.45, 2.75) is 26.3 Å². The summed E-state index contributed by atoms with van der Waals surface area (Å²) in [4.78, 5) is 4.65. The van der Waals surface area contributed by atoms with Crippen molar-refractivity contribution in [2.75, 3.05) is 5.88 Å². The minimum absolute atomic E-state index is 0.552. The SMILES string of the molecule is CC1CC1Cn1c(CCCl)nc2cc(Cl)c(Cl)cc21. The van der Waals surface area contributed by atoms with Crippen LogP contribution in [0.25, 0.3) is 11.0 Å². The summed E-state index contributed by atoms with van der Waals surface area (Å²) < 4.78 is 2.26. The number of hydrogen-bond acceptors (Lipinski definition) is 1. The highest BCUT2D eigenvalue weighted by atomic mass is 35.5. The van der Waals surface area contributed by atoms with Gasteiger partial charge in [0.05, 0.1) is 21.1 Å². The first kappa shape index (κ1) is 13.5.